The lowest BCUT2D eigenvalue weighted by Crippen LogP contribution is -2.53. The Bertz CT molecular complexity index is 850. The van der Waals surface area contributed by atoms with E-state index in [2.05, 4.69) is 10.6 Å². The minimum absolute atomic E-state index is 0.191. The van der Waals surface area contributed by atoms with Crippen LogP contribution in [0.2, 0.25) is 5.02 Å². The second-order valence-electron chi connectivity index (χ2n) is 7.28. The lowest BCUT2D eigenvalue weighted by molar-refractivity contribution is -0.143. The predicted octanol–water partition coefficient (Wildman–Crippen LogP) is 1.46. The van der Waals surface area contributed by atoms with Crippen LogP contribution in [0.3, 0.4) is 0 Å². The lowest BCUT2D eigenvalue weighted by atomic mass is 9.76. The number of hydrogen-bond donors (Lipinski definition) is 2. The number of methoxy groups -OCH3 is 1. The van der Waals surface area contributed by atoms with Gasteiger partial charge in [-0.3, -0.25) is 24.6 Å². The number of rotatable bonds is 6. The van der Waals surface area contributed by atoms with Crippen molar-refractivity contribution in [3.05, 3.63) is 28.8 Å². The molecule has 0 aromatic heterocycles. The minimum atomic E-state index is -1.28. The van der Waals surface area contributed by atoms with Gasteiger partial charge in [0.1, 0.15) is 5.54 Å². The Labute approximate surface area is 172 Å². The van der Waals surface area contributed by atoms with Gasteiger partial charge in [-0.05, 0) is 24.5 Å². The van der Waals surface area contributed by atoms with Crippen molar-refractivity contribution >= 4 is 46.8 Å². The number of fused-ring (bicyclic) bond motifs is 4. The highest BCUT2D eigenvalue weighted by Crippen LogP contribution is 2.54. The molecule has 2 N–H and O–H groups in total. The van der Waals surface area contributed by atoms with Crippen LogP contribution in [0.15, 0.2) is 18.2 Å². The Morgan fingerprint density at radius 1 is 1.29 bits per heavy atom. The van der Waals surface area contributed by atoms with Gasteiger partial charge < -0.3 is 10.1 Å². The molecule has 4 rings (SSSR count). The Morgan fingerprint density at radius 2 is 2.07 bits per heavy atom. The summed E-state index contributed by atoms with van der Waals surface area (Å²) in [6, 6.07) is 5.00. The van der Waals surface area contributed by atoms with Crippen molar-refractivity contribution in [2.45, 2.75) is 18.0 Å². The van der Waals surface area contributed by atoms with Gasteiger partial charge in [0.15, 0.2) is 0 Å². The molecule has 4 atom stereocenters. The van der Waals surface area contributed by atoms with Crippen molar-refractivity contribution in [2.75, 3.05) is 37.6 Å². The maximum absolute atomic E-state index is 13.3. The first-order chi connectivity index (χ1) is 13.5. The zero-order valence-electron chi connectivity index (χ0n) is 15.7. The molecule has 3 aliphatic heterocycles. The van der Waals surface area contributed by atoms with Crippen molar-refractivity contribution in [2.24, 2.45) is 11.8 Å². The zero-order valence-corrected chi connectivity index (χ0v) is 17.2. The normalized spacial score (nSPS) is 30.9. The summed E-state index contributed by atoms with van der Waals surface area (Å²) in [5.41, 5.74) is -0.120. The molecule has 0 aliphatic carbocycles. The first kappa shape index (κ1) is 19.7. The van der Waals surface area contributed by atoms with Crippen LogP contribution in [-0.4, -0.2) is 60.9 Å². The second-order valence-corrected chi connectivity index (χ2v) is 8.67. The van der Waals surface area contributed by atoms with Crippen LogP contribution in [-0.2, 0) is 24.7 Å². The monoisotopic (exact) mass is 423 g/mol. The number of likely N-dealkylation sites (tertiary alicyclic amines) is 1. The molecule has 0 radical (unpaired) electrons. The summed E-state index contributed by atoms with van der Waals surface area (Å²) in [5.74, 6) is -1.43. The third kappa shape index (κ3) is 2.62. The van der Waals surface area contributed by atoms with E-state index in [1.54, 1.807) is 30.0 Å². The van der Waals surface area contributed by atoms with Gasteiger partial charge in [0.2, 0.25) is 17.7 Å². The van der Waals surface area contributed by atoms with Gasteiger partial charge in [-0.15, -0.1) is 0 Å². The molecule has 3 amide bonds. The first-order valence-electron chi connectivity index (χ1n) is 9.18. The van der Waals surface area contributed by atoms with Crippen LogP contribution in [0.25, 0.3) is 0 Å². The summed E-state index contributed by atoms with van der Waals surface area (Å²) in [6.45, 7) is 0.456. The fraction of sp³-hybridized carbons (Fsp3) is 0.526. The smallest absolute Gasteiger partial charge is 0.250 e. The van der Waals surface area contributed by atoms with Crippen LogP contribution in [0.1, 0.15) is 12.0 Å². The molecule has 7 nitrogen and oxygen atoms in total. The van der Waals surface area contributed by atoms with Gasteiger partial charge in [-0.2, -0.15) is 11.8 Å². The number of nitrogens with zero attached hydrogens (tertiary/aromatic N) is 1. The topological polar surface area (TPSA) is 87.7 Å². The quantitative estimate of drug-likeness (QED) is 0.673. The number of benzene rings is 1. The van der Waals surface area contributed by atoms with Crippen LogP contribution >= 0.6 is 23.4 Å². The summed E-state index contributed by atoms with van der Waals surface area (Å²) < 4.78 is 5.06. The molecular weight excluding hydrogens is 402 g/mol. The fourth-order valence-corrected chi connectivity index (χ4v) is 5.46. The van der Waals surface area contributed by atoms with Crippen LogP contribution in [0.4, 0.5) is 5.69 Å². The number of carbonyl (C=O) groups is 3. The fourth-order valence-electron chi connectivity index (χ4n) is 4.75. The highest BCUT2D eigenvalue weighted by atomic mass is 35.5. The summed E-state index contributed by atoms with van der Waals surface area (Å²) in [7, 11) is 1.53. The molecule has 2 fully saturated rings. The lowest BCUT2D eigenvalue weighted by Gasteiger charge is -2.29. The van der Waals surface area contributed by atoms with Gasteiger partial charge >= 0.3 is 0 Å². The number of amides is 3. The summed E-state index contributed by atoms with van der Waals surface area (Å²) in [5, 5.41) is 6.64. The maximum atomic E-state index is 13.3. The van der Waals surface area contributed by atoms with Crippen LogP contribution in [0, 0.1) is 11.8 Å². The predicted molar refractivity (Wildman–Crippen MR) is 107 cm³/mol. The number of ether oxygens (including phenoxy) is 1. The molecule has 0 saturated carbocycles. The standard InChI is InChI=1S/C19H22ClN3O4S/c1-27-8-7-23-16(24)13-12(6-9-28-2)22-19(14(13)17(23)25)10-4-3-5-11(20)15(10)21-18(19)26/h3-5,12-14,22H,6-9H2,1-2H3,(H,21,26)/t12-,13-,14+,19+/m1/s1. The van der Waals surface area contributed by atoms with Gasteiger partial charge in [-0.1, -0.05) is 23.7 Å². The number of carbonyl (C=O) groups excluding carboxylic acids is 3. The summed E-state index contributed by atoms with van der Waals surface area (Å²) in [6.07, 6.45) is 2.68. The number of imide groups is 1. The minimum Gasteiger partial charge on any atom is -0.383 e. The van der Waals surface area contributed by atoms with Crippen molar-refractivity contribution in [1.29, 1.82) is 0 Å². The van der Waals surface area contributed by atoms with E-state index in [0.717, 1.165) is 5.75 Å². The molecule has 28 heavy (non-hydrogen) atoms. The van der Waals surface area contributed by atoms with E-state index in [1.165, 1.54) is 12.0 Å². The molecule has 1 aromatic rings. The molecular formula is C19H22ClN3O4S. The van der Waals surface area contributed by atoms with Crippen LogP contribution in [0.5, 0.6) is 0 Å². The van der Waals surface area contributed by atoms with Gasteiger partial charge in [-0.25, -0.2) is 0 Å². The van der Waals surface area contributed by atoms with E-state index in [0.29, 0.717) is 22.7 Å². The number of nitrogens with one attached hydrogen (secondary N) is 2. The Hall–Kier alpha value is -1.61. The highest BCUT2D eigenvalue weighted by Gasteiger charge is 2.70. The third-order valence-corrected chi connectivity index (χ3v) is 6.90. The molecule has 3 aliphatic rings. The average molecular weight is 424 g/mol. The number of halogens is 1. The van der Waals surface area contributed by atoms with Crippen molar-refractivity contribution < 1.29 is 19.1 Å². The average Bonchev–Trinajstić information content (AvgIpc) is 3.25. The zero-order chi connectivity index (χ0) is 20.1. The number of para-hydroxylation sites is 1. The SMILES string of the molecule is COCCN1C(=O)[C@H]2[C@@H](C1=O)[C@]1(N[C@@H]2CCSC)C(=O)Nc2c(Cl)cccc21. The van der Waals surface area contributed by atoms with E-state index in [9.17, 15) is 14.4 Å². The molecule has 2 saturated heterocycles. The van der Waals surface area contributed by atoms with Gasteiger partial charge in [0.25, 0.3) is 0 Å². The third-order valence-electron chi connectivity index (χ3n) is 5.94. The second kappa shape index (κ2) is 7.33. The van der Waals surface area contributed by atoms with Crippen molar-refractivity contribution in [3.8, 4) is 0 Å². The number of anilines is 1. The molecule has 3 heterocycles. The molecule has 150 valence electrons. The summed E-state index contributed by atoms with van der Waals surface area (Å²) in [4.78, 5) is 40.9. The van der Waals surface area contributed by atoms with E-state index in [1.807, 2.05) is 6.26 Å². The highest BCUT2D eigenvalue weighted by molar-refractivity contribution is 7.98. The number of thioether (sulfide) groups is 1. The van der Waals surface area contributed by atoms with E-state index >= 15 is 0 Å². The number of hydrogen-bond acceptors (Lipinski definition) is 6. The van der Waals surface area contributed by atoms with Crippen molar-refractivity contribution in [1.82, 2.24) is 10.2 Å². The Kier molecular flexibility index (Phi) is 5.16. The molecule has 1 spiro atoms. The van der Waals surface area contributed by atoms with E-state index in [4.69, 9.17) is 16.3 Å². The molecule has 1 aromatic carbocycles. The Morgan fingerprint density at radius 3 is 2.79 bits per heavy atom. The van der Waals surface area contributed by atoms with Crippen molar-refractivity contribution in [3.63, 3.8) is 0 Å². The van der Waals surface area contributed by atoms with Gasteiger partial charge in [0.05, 0.1) is 35.7 Å². The van der Waals surface area contributed by atoms with E-state index < -0.39 is 17.4 Å². The van der Waals surface area contributed by atoms with E-state index in [-0.39, 0.29) is 36.9 Å². The largest absolute Gasteiger partial charge is 0.383 e. The summed E-state index contributed by atoms with van der Waals surface area (Å²) >= 11 is 7.96. The molecule has 9 heteroatoms. The first-order valence-corrected chi connectivity index (χ1v) is 11.0. The molecule has 0 unspecified atom stereocenters. The maximum Gasteiger partial charge on any atom is 0.250 e. The van der Waals surface area contributed by atoms with Gasteiger partial charge in [0, 0.05) is 18.7 Å². The molecule has 0 bridgehead atoms. The Balaban J connectivity index is 1.82. The van der Waals surface area contributed by atoms with Crippen LogP contribution < -0.4 is 10.6 Å².